The van der Waals surface area contributed by atoms with Gasteiger partial charge in [-0.05, 0) is 102 Å². The number of fused-ring (bicyclic) bond motifs is 1. The Labute approximate surface area is 251 Å². The first-order valence-corrected chi connectivity index (χ1v) is 14.4. The summed E-state index contributed by atoms with van der Waals surface area (Å²) in [6.45, 7) is 3.64. The fourth-order valence-corrected chi connectivity index (χ4v) is 5.18. The fraction of sp³-hybridized carbons (Fsp3) is 0.0645. The van der Waals surface area contributed by atoms with E-state index in [4.69, 9.17) is 5.73 Å². The van der Waals surface area contributed by atoms with Crippen LogP contribution in [-0.4, -0.2) is 34.3 Å². The van der Waals surface area contributed by atoms with E-state index in [2.05, 4.69) is 20.5 Å². The van der Waals surface area contributed by atoms with E-state index in [0.29, 0.717) is 28.0 Å². The van der Waals surface area contributed by atoms with Crippen LogP contribution in [0.1, 0.15) is 21.5 Å². The summed E-state index contributed by atoms with van der Waals surface area (Å²) in [5.74, 6) is -2.12. The molecule has 0 unspecified atom stereocenters. The third-order valence-electron chi connectivity index (χ3n) is 6.82. The molecule has 0 aliphatic carbocycles. The van der Waals surface area contributed by atoms with Crippen LogP contribution in [-0.2, 0) is 10.1 Å². The zero-order valence-corrected chi connectivity index (χ0v) is 24.1. The number of hydrogen-bond donors (Lipinski definition) is 5. The lowest BCUT2D eigenvalue weighted by molar-refractivity contribution is 0.0693. The molecule has 5 aromatic rings. The number of nitrogens with two attached hydrogens (primary N) is 1. The van der Waals surface area contributed by atoms with E-state index in [1.165, 1.54) is 42.5 Å². The van der Waals surface area contributed by atoms with Crippen molar-refractivity contribution in [1.29, 1.82) is 0 Å². The number of aromatic hydroxyl groups is 2. The van der Waals surface area contributed by atoms with Gasteiger partial charge in [-0.15, -0.1) is 5.11 Å². The van der Waals surface area contributed by atoms with Gasteiger partial charge in [-0.2, -0.15) is 23.8 Å². The van der Waals surface area contributed by atoms with Crippen LogP contribution < -0.4 is 5.73 Å². The first-order chi connectivity index (χ1) is 20.8. The van der Waals surface area contributed by atoms with E-state index in [9.17, 15) is 33.1 Å². The van der Waals surface area contributed by atoms with Crippen molar-refractivity contribution in [3.63, 3.8) is 0 Å². The normalized spacial score (nSPS) is 12.0. The molecule has 0 saturated heterocycles. The zero-order valence-electron chi connectivity index (χ0n) is 23.3. The second-order valence-electron chi connectivity index (χ2n) is 9.94. The average Bonchev–Trinajstić information content (AvgIpc) is 2.96. The van der Waals surface area contributed by atoms with Gasteiger partial charge in [-0.1, -0.05) is 18.2 Å². The lowest BCUT2D eigenvalue weighted by atomic mass is 10.0. The Morgan fingerprint density at radius 1 is 0.750 bits per heavy atom. The molecule has 13 heteroatoms. The summed E-state index contributed by atoms with van der Waals surface area (Å²) in [5.41, 5.74) is 9.93. The monoisotopic (exact) mass is 611 g/mol. The van der Waals surface area contributed by atoms with Gasteiger partial charge in [0.25, 0.3) is 10.1 Å². The van der Waals surface area contributed by atoms with Crippen LogP contribution in [0.5, 0.6) is 11.5 Å². The van der Waals surface area contributed by atoms with Gasteiger partial charge in [0.1, 0.15) is 21.9 Å². The Kier molecular flexibility index (Phi) is 7.83. The summed E-state index contributed by atoms with van der Waals surface area (Å²) in [6.07, 6.45) is 0. The number of aromatic carboxylic acids is 1. The smallest absolute Gasteiger partial charge is 0.339 e. The molecule has 0 radical (unpaired) electrons. The second kappa shape index (κ2) is 11.6. The predicted molar refractivity (Wildman–Crippen MR) is 165 cm³/mol. The fourth-order valence-electron chi connectivity index (χ4n) is 4.52. The zero-order chi connectivity index (χ0) is 31.8. The molecule has 0 amide bonds. The number of phenolic OH excluding ortho intramolecular Hbond substituents is 1. The number of aryl methyl sites for hydroxylation is 2. The van der Waals surface area contributed by atoms with Crippen molar-refractivity contribution in [2.45, 2.75) is 18.7 Å². The molecule has 44 heavy (non-hydrogen) atoms. The maximum Gasteiger partial charge on any atom is 0.339 e. The van der Waals surface area contributed by atoms with Gasteiger partial charge in [0.05, 0.1) is 17.1 Å². The van der Waals surface area contributed by atoms with Gasteiger partial charge >= 0.3 is 5.97 Å². The Morgan fingerprint density at radius 3 is 1.93 bits per heavy atom. The number of azo groups is 2. The Hall–Kier alpha value is -5.66. The highest BCUT2D eigenvalue weighted by Gasteiger charge is 2.22. The number of hydrogen-bond acceptors (Lipinski definition) is 10. The minimum absolute atomic E-state index is 0.254. The van der Waals surface area contributed by atoms with Gasteiger partial charge in [0, 0.05) is 11.1 Å². The van der Waals surface area contributed by atoms with E-state index >= 15 is 0 Å². The number of nitrogen functional groups attached to an aromatic ring is 1. The molecular formula is C31H25N5O7S. The van der Waals surface area contributed by atoms with E-state index < -0.39 is 32.4 Å². The minimum atomic E-state index is -4.74. The van der Waals surface area contributed by atoms with Crippen molar-refractivity contribution < 1.29 is 33.1 Å². The van der Waals surface area contributed by atoms with Gasteiger partial charge < -0.3 is 21.1 Å². The first-order valence-electron chi connectivity index (χ1n) is 13.0. The molecule has 12 nitrogen and oxygen atoms in total. The van der Waals surface area contributed by atoms with Crippen LogP contribution in [0.15, 0.2) is 104 Å². The molecule has 0 heterocycles. The number of benzene rings is 5. The highest BCUT2D eigenvalue weighted by Crippen LogP contribution is 2.42. The summed E-state index contributed by atoms with van der Waals surface area (Å²) in [4.78, 5) is 10.7. The third kappa shape index (κ3) is 6.09. The number of anilines is 1. The Morgan fingerprint density at radius 2 is 1.36 bits per heavy atom. The van der Waals surface area contributed by atoms with Crippen molar-refractivity contribution >= 4 is 55.3 Å². The lowest BCUT2D eigenvalue weighted by Gasteiger charge is -2.10. The van der Waals surface area contributed by atoms with Gasteiger partial charge in [0.15, 0.2) is 5.75 Å². The molecule has 0 aliphatic rings. The van der Waals surface area contributed by atoms with Crippen molar-refractivity contribution in [1.82, 2.24) is 0 Å². The van der Waals surface area contributed by atoms with Crippen LogP contribution in [0.2, 0.25) is 0 Å². The van der Waals surface area contributed by atoms with E-state index in [0.717, 1.165) is 16.7 Å². The van der Waals surface area contributed by atoms with Crippen LogP contribution >= 0.6 is 0 Å². The summed E-state index contributed by atoms with van der Waals surface area (Å²) < 4.78 is 34.0. The van der Waals surface area contributed by atoms with E-state index in [1.54, 1.807) is 25.1 Å². The number of phenols is 2. The average molecular weight is 612 g/mol. The topological polar surface area (TPSA) is 208 Å². The minimum Gasteiger partial charge on any atom is -0.507 e. The Balaban J connectivity index is 1.42. The molecule has 0 atom stereocenters. The molecule has 5 rings (SSSR count). The van der Waals surface area contributed by atoms with Crippen molar-refractivity contribution in [2.75, 3.05) is 5.73 Å². The molecule has 0 saturated carbocycles. The molecule has 0 fully saturated rings. The molecule has 5 aromatic carbocycles. The van der Waals surface area contributed by atoms with Crippen LogP contribution in [0.4, 0.5) is 28.4 Å². The quantitative estimate of drug-likeness (QED) is 0.0692. The molecule has 0 aliphatic heterocycles. The highest BCUT2D eigenvalue weighted by atomic mass is 32.2. The summed E-state index contributed by atoms with van der Waals surface area (Å²) >= 11 is 0. The Bertz CT molecular complexity index is 2140. The summed E-state index contributed by atoms with van der Waals surface area (Å²) in [7, 11) is -4.74. The third-order valence-corrected chi connectivity index (χ3v) is 7.69. The van der Waals surface area contributed by atoms with E-state index in [-0.39, 0.29) is 22.4 Å². The molecule has 6 N–H and O–H groups in total. The van der Waals surface area contributed by atoms with Crippen molar-refractivity contribution in [3.05, 3.63) is 95.6 Å². The van der Waals surface area contributed by atoms with Gasteiger partial charge in [-0.25, -0.2) is 4.79 Å². The molecule has 222 valence electrons. The van der Waals surface area contributed by atoms with Crippen LogP contribution in [0.25, 0.3) is 21.9 Å². The summed E-state index contributed by atoms with van der Waals surface area (Å²) in [6, 6.07) is 20.5. The highest BCUT2D eigenvalue weighted by molar-refractivity contribution is 7.86. The first kappa shape index (κ1) is 29.8. The molecule has 0 spiro atoms. The second-order valence-corrected chi connectivity index (χ2v) is 11.3. The van der Waals surface area contributed by atoms with Crippen LogP contribution in [0, 0.1) is 13.8 Å². The van der Waals surface area contributed by atoms with Crippen molar-refractivity contribution in [2.24, 2.45) is 20.5 Å². The predicted octanol–water partition coefficient (Wildman–Crippen LogP) is 7.89. The van der Waals surface area contributed by atoms with Crippen molar-refractivity contribution in [3.8, 4) is 22.6 Å². The van der Waals surface area contributed by atoms with Gasteiger partial charge in [0.2, 0.25) is 0 Å². The van der Waals surface area contributed by atoms with E-state index in [1.807, 2.05) is 25.1 Å². The number of carbonyl (C=O) groups is 1. The number of nitrogens with zero attached hydrogens (tertiary/aromatic N) is 4. The van der Waals surface area contributed by atoms with Crippen LogP contribution in [0.3, 0.4) is 0 Å². The number of rotatable bonds is 7. The molecule has 0 bridgehead atoms. The number of carboxylic acid groups (broad SMARTS) is 1. The maximum atomic E-state index is 12.1. The maximum absolute atomic E-state index is 12.1. The molecule has 0 aromatic heterocycles. The van der Waals surface area contributed by atoms with Gasteiger partial charge in [-0.3, -0.25) is 4.55 Å². The largest absolute Gasteiger partial charge is 0.507 e. The SMILES string of the molecule is Cc1cc(-c2ccc(N=Nc3c(S(=O)(=O)O)cc4ccc(N)cc4c3O)c(C)c2)ccc1N=Nc1ccc(O)c(C(=O)O)c1. The standard InChI is InChI=1S/C31H25N5O7S/c1-16-11-18(4-8-25(16)34-33-22-7-10-27(37)24(15-22)31(39)40)19-5-9-26(17(2)12-19)35-36-29-28(44(41,42)43)13-20-3-6-21(32)14-23(20)30(29)38/h3-15,37-38H,32H2,1-2H3,(H,39,40)(H,41,42,43). The summed E-state index contributed by atoms with van der Waals surface area (Å²) in [5, 5.41) is 46.8. The molecular weight excluding hydrogens is 586 g/mol. The number of carboxylic acids is 1. The lowest BCUT2D eigenvalue weighted by Crippen LogP contribution is -1.99.